The molecule has 0 atom stereocenters. The number of ether oxygens (including phenoxy) is 2. The Morgan fingerprint density at radius 1 is 0.903 bits per heavy atom. The van der Waals surface area contributed by atoms with Gasteiger partial charge in [0.1, 0.15) is 5.75 Å². The van der Waals surface area contributed by atoms with Crippen molar-refractivity contribution in [1.82, 2.24) is 14.8 Å². The molecule has 1 aromatic heterocycles. The molecule has 5 heteroatoms. The second-order valence-electron chi connectivity index (χ2n) is 7.95. The summed E-state index contributed by atoms with van der Waals surface area (Å²) < 4.78 is 10.8. The smallest absolute Gasteiger partial charge is 0.118 e. The van der Waals surface area contributed by atoms with E-state index in [0.717, 1.165) is 58.2 Å². The number of aromatic nitrogens is 1. The second-order valence-corrected chi connectivity index (χ2v) is 7.95. The standard InChI is InChI=1S/C26H31N3O2/c1-30-26-10-8-25(9-11-26)24-6-4-22(5-7-24)20-29(21-23-3-2-12-27-19-23)14-13-28-15-17-31-18-16-28/h2-12,19H,13-18,20-21H2,1H3. The van der Waals surface area contributed by atoms with Gasteiger partial charge in [0.2, 0.25) is 0 Å². The first-order valence-corrected chi connectivity index (χ1v) is 10.9. The van der Waals surface area contributed by atoms with Crippen molar-refractivity contribution in [3.63, 3.8) is 0 Å². The summed E-state index contributed by atoms with van der Waals surface area (Å²) in [6, 6.07) is 21.3. The average Bonchev–Trinajstić information content (AvgIpc) is 2.84. The van der Waals surface area contributed by atoms with Gasteiger partial charge in [-0.15, -0.1) is 0 Å². The fraction of sp³-hybridized carbons (Fsp3) is 0.346. The highest BCUT2D eigenvalue weighted by Crippen LogP contribution is 2.23. The van der Waals surface area contributed by atoms with Gasteiger partial charge in [-0.25, -0.2) is 0 Å². The van der Waals surface area contributed by atoms with E-state index >= 15 is 0 Å². The minimum absolute atomic E-state index is 0.843. The molecule has 2 aromatic carbocycles. The Hall–Kier alpha value is -2.73. The SMILES string of the molecule is COc1ccc(-c2ccc(CN(CCN3CCOCC3)Cc3cccnc3)cc2)cc1. The largest absolute Gasteiger partial charge is 0.497 e. The van der Waals surface area contributed by atoms with Gasteiger partial charge in [-0.3, -0.25) is 14.8 Å². The number of methoxy groups -OCH3 is 1. The van der Waals surface area contributed by atoms with Crippen molar-refractivity contribution in [3.8, 4) is 16.9 Å². The van der Waals surface area contributed by atoms with Gasteiger partial charge < -0.3 is 9.47 Å². The molecule has 3 aromatic rings. The Morgan fingerprint density at radius 2 is 1.58 bits per heavy atom. The molecule has 0 unspecified atom stereocenters. The lowest BCUT2D eigenvalue weighted by molar-refractivity contribution is 0.0325. The van der Waals surface area contributed by atoms with E-state index in [4.69, 9.17) is 9.47 Å². The summed E-state index contributed by atoms with van der Waals surface area (Å²) in [5.74, 6) is 0.881. The van der Waals surface area contributed by atoms with Crippen molar-refractivity contribution in [2.24, 2.45) is 0 Å². The maximum Gasteiger partial charge on any atom is 0.118 e. The minimum Gasteiger partial charge on any atom is -0.497 e. The van der Waals surface area contributed by atoms with Crippen LogP contribution in [0.1, 0.15) is 11.1 Å². The van der Waals surface area contributed by atoms with Crippen LogP contribution in [-0.4, -0.2) is 61.3 Å². The van der Waals surface area contributed by atoms with Crippen LogP contribution in [0.25, 0.3) is 11.1 Å². The first-order chi connectivity index (χ1) is 15.3. The lowest BCUT2D eigenvalue weighted by Crippen LogP contribution is -2.41. The number of hydrogen-bond donors (Lipinski definition) is 0. The highest BCUT2D eigenvalue weighted by molar-refractivity contribution is 5.64. The summed E-state index contributed by atoms with van der Waals surface area (Å²) in [6.45, 7) is 7.64. The van der Waals surface area contributed by atoms with Crippen LogP contribution in [0.5, 0.6) is 5.75 Å². The van der Waals surface area contributed by atoms with Crippen LogP contribution in [0.4, 0.5) is 0 Å². The molecule has 162 valence electrons. The molecule has 31 heavy (non-hydrogen) atoms. The molecule has 2 heterocycles. The molecular formula is C26H31N3O2. The van der Waals surface area contributed by atoms with E-state index in [2.05, 4.69) is 57.2 Å². The van der Waals surface area contributed by atoms with Gasteiger partial charge in [0.05, 0.1) is 20.3 Å². The van der Waals surface area contributed by atoms with Gasteiger partial charge >= 0.3 is 0 Å². The van der Waals surface area contributed by atoms with Crippen LogP contribution in [0.15, 0.2) is 73.1 Å². The molecule has 0 saturated carbocycles. The Balaban J connectivity index is 1.41. The van der Waals surface area contributed by atoms with E-state index in [1.54, 1.807) is 7.11 Å². The van der Waals surface area contributed by atoms with Crippen molar-refractivity contribution in [1.29, 1.82) is 0 Å². The zero-order valence-corrected chi connectivity index (χ0v) is 18.2. The number of morpholine rings is 1. The molecule has 1 fully saturated rings. The molecular weight excluding hydrogens is 386 g/mol. The van der Waals surface area contributed by atoms with E-state index < -0.39 is 0 Å². The predicted octanol–water partition coefficient (Wildman–Crippen LogP) is 4.09. The quantitative estimate of drug-likeness (QED) is 0.524. The van der Waals surface area contributed by atoms with Crippen LogP contribution >= 0.6 is 0 Å². The van der Waals surface area contributed by atoms with Gasteiger partial charge in [-0.2, -0.15) is 0 Å². The molecule has 0 aliphatic carbocycles. The normalized spacial score (nSPS) is 14.6. The minimum atomic E-state index is 0.843. The monoisotopic (exact) mass is 417 g/mol. The number of pyridine rings is 1. The maximum atomic E-state index is 5.49. The summed E-state index contributed by atoms with van der Waals surface area (Å²) in [6.07, 6.45) is 3.80. The first-order valence-electron chi connectivity index (χ1n) is 10.9. The molecule has 0 N–H and O–H groups in total. The van der Waals surface area contributed by atoms with E-state index in [0.29, 0.717) is 0 Å². The zero-order chi connectivity index (χ0) is 21.3. The molecule has 0 bridgehead atoms. The lowest BCUT2D eigenvalue weighted by atomic mass is 10.0. The maximum absolute atomic E-state index is 5.49. The summed E-state index contributed by atoms with van der Waals surface area (Å²) in [4.78, 5) is 9.29. The van der Waals surface area contributed by atoms with E-state index in [1.807, 2.05) is 30.6 Å². The average molecular weight is 418 g/mol. The zero-order valence-electron chi connectivity index (χ0n) is 18.2. The molecule has 0 amide bonds. The number of rotatable bonds is 9. The number of hydrogen-bond acceptors (Lipinski definition) is 5. The highest BCUT2D eigenvalue weighted by atomic mass is 16.5. The van der Waals surface area contributed by atoms with Crippen LogP contribution in [-0.2, 0) is 17.8 Å². The van der Waals surface area contributed by atoms with Crippen molar-refractivity contribution in [2.75, 3.05) is 46.5 Å². The summed E-state index contributed by atoms with van der Waals surface area (Å²) in [7, 11) is 1.69. The Bertz CT molecular complexity index is 908. The predicted molar refractivity (Wildman–Crippen MR) is 124 cm³/mol. The topological polar surface area (TPSA) is 37.8 Å². The summed E-state index contributed by atoms with van der Waals surface area (Å²) in [5.41, 5.74) is 4.99. The van der Waals surface area contributed by atoms with Gasteiger partial charge in [-0.1, -0.05) is 42.5 Å². The van der Waals surface area contributed by atoms with E-state index in [1.165, 1.54) is 22.3 Å². The molecule has 1 aliphatic rings. The highest BCUT2D eigenvalue weighted by Gasteiger charge is 2.13. The summed E-state index contributed by atoms with van der Waals surface area (Å²) in [5, 5.41) is 0. The van der Waals surface area contributed by atoms with Gasteiger partial charge in [0.25, 0.3) is 0 Å². The molecule has 4 rings (SSSR count). The van der Waals surface area contributed by atoms with Crippen molar-refractivity contribution in [2.45, 2.75) is 13.1 Å². The first kappa shape index (κ1) is 21.5. The third-order valence-corrected chi connectivity index (χ3v) is 5.75. The molecule has 1 saturated heterocycles. The Morgan fingerprint density at radius 3 is 2.23 bits per heavy atom. The van der Waals surface area contributed by atoms with Gasteiger partial charge in [-0.05, 0) is 40.5 Å². The van der Waals surface area contributed by atoms with Crippen LogP contribution in [0, 0.1) is 0 Å². The van der Waals surface area contributed by atoms with Crippen molar-refractivity contribution < 1.29 is 9.47 Å². The van der Waals surface area contributed by atoms with Crippen LogP contribution < -0.4 is 4.74 Å². The van der Waals surface area contributed by atoms with Crippen LogP contribution in [0.2, 0.25) is 0 Å². The third kappa shape index (κ3) is 6.37. The molecule has 5 nitrogen and oxygen atoms in total. The Kier molecular flexibility index (Phi) is 7.66. The molecule has 0 radical (unpaired) electrons. The fourth-order valence-electron chi connectivity index (χ4n) is 3.92. The third-order valence-electron chi connectivity index (χ3n) is 5.75. The fourth-order valence-corrected chi connectivity index (χ4v) is 3.92. The van der Waals surface area contributed by atoms with Crippen LogP contribution in [0.3, 0.4) is 0 Å². The summed E-state index contributed by atoms with van der Waals surface area (Å²) >= 11 is 0. The van der Waals surface area contributed by atoms with E-state index in [9.17, 15) is 0 Å². The van der Waals surface area contributed by atoms with E-state index in [-0.39, 0.29) is 0 Å². The van der Waals surface area contributed by atoms with Crippen molar-refractivity contribution >= 4 is 0 Å². The molecule has 1 aliphatic heterocycles. The lowest BCUT2D eigenvalue weighted by Gasteiger charge is -2.30. The molecule has 0 spiro atoms. The second kappa shape index (κ2) is 11.0. The number of benzene rings is 2. The van der Waals surface area contributed by atoms with Gasteiger partial charge in [0.15, 0.2) is 0 Å². The van der Waals surface area contributed by atoms with Crippen molar-refractivity contribution in [3.05, 3.63) is 84.2 Å². The number of nitrogens with zero attached hydrogens (tertiary/aromatic N) is 3. The van der Waals surface area contributed by atoms with Gasteiger partial charge in [0, 0.05) is 51.7 Å². The Labute approximate surface area is 185 Å².